The normalized spacial score (nSPS) is 18.1. The molecule has 2 aromatic heterocycles. The third kappa shape index (κ3) is 2.79. The van der Waals surface area contributed by atoms with Crippen LogP contribution in [-0.2, 0) is 0 Å². The van der Waals surface area contributed by atoms with Gasteiger partial charge in [-0.2, -0.15) is 4.98 Å². The lowest BCUT2D eigenvalue weighted by molar-refractivity contribution is 0.213. The van der Waals surface area contributed by atoms with Gasteiger partial charge in [0.1, 0.15) is 17.8 Å². The van der Waals surface area contributed by atoms with Crippen LogP contribution >= 0.6 is 0 Å². The molecule has 2 aliphatic rings. The Morgan fingerprint density at radius 3 is 2.70 bits per heavy atom. The second-order valence-electron chi connectivity index (χ2n) is 8.12. The molecule has 156 valence electrons. The highest BCUT2D eigenvalue weighted by molar-refractivity contribution is 5.96. The number of amides is 2. The van der Waals surface area contributed by atoms with Gasteiger partial charge in [0.2, 0.25) is 11.7 Å². The lowest BCUT2D eigenvalue weighted by Crippen LogP contribution is -2.45. The molecule has 0 aliphatic carbocycles. The number of benzene rings is 1. The van der Waals surface area contributed by atoms with E-state index >= 15 is 0 Å². The molecule has 2 amide bonds. The summed E-state index contributed by atoms with van der Waals surface area (Å²) in [6, 6.07) is 3.97. The fourth-order valence-corrected chi connectivity index (χ4v) is 4.24. The van der Waals surface area contributed by atoms with Crippen LogP contribution in [0.1, 0.15) is 57.2 Å². The number of hydrogen-bond donors (Lipinski definition) is 0. The van der Waals surface area contributed by atoms with E-state index in [0.29, 0.717) is 41.9 Å². The van der Waals surface area contributed by atoms with Crippen molar-refractivity contribution < 1.29 is 13.7 Å². The van der Waals surface area contributed by atoms with Crippen molar-refractivity contribution in [1.29, 1.82) is 0 Å². The van der Waals surface area contributed by atoms with Crippen LogP contribution in [0.2, 0.25) is 0 Å². The number of urea groups is 1. The molecule has 0 spiro atoms. The SMILES string of the molecule is CC(C)c1nc(-c2ncn3c2[C@H](C)N(C(=O)N2CCCC2)c2cc(F)ccc2-3)no1. The molecule has 1 fully saturated rings. The van der Waals surface area contributed by atoms with Crippen molar-refractivity contribution in [2.24, 2.45) is 0 Å². The third-order valence-electron chi connectivity index (χ3n) is 5.77. The summed E-state index contributed by atoms with van der Waals surface area (Å²) in [5.41, 5.74) is 2.57. The minimum atomic E-state index is -0.385. The van der Waals surface area contributed by atoms with Gasteiger partial charge >= 0.3 is 6.03 Å². The number of anilines is 1. The van der Waals surface area contributed by atoms with Gasteiger partial charge < -0.3 is 9.42 Å². The van der Waals surface area contributed by atoms with Crippen LogP contribution in [0, 0.1) is 5.82 Å². The molecule has 1 aromatic carbocycles. The van der Waals surface area contributed by atoms with Crippen molar-refractivity contribution in [1.82, 2.24) is 24.6 Å². The van der Waals surface area contributed by atoms with E-state index in [-0.39, 0.29) is 23.8 Å². The summed E-state index contributed by atoms with van der Waals surface area (Å²) in [5, 5.41) is 4.10. The molecule has 0 unspecified atom stereocenters. The molecule has 4 heterocycles. The number of likely N-dealkylation sites (tertiary alicyclic amines) is 1. The smallest absolute Gasteiger partial charge is 0.325 e. The molecular formula is C21H23FN6O2. The van der Waals surface area contributed by atoms with Gasteiger partial charge in [-0.25, -0.2) is 14.2 Å². The summed E-state index contributed by atoms with van der Waals surface area (Å²) in [7, 11) is 0. The molecule has 30 heavy (non-hydrogen) atoms. The number of aromatic nitrogens is 4. The molecule has 0 bridgehead atoms. The molecule has 1 saturated heterocycles. The van der Waals surface area contributed by atoms with Crippen LogP contribution < -0.4 is 4.90 Å². The van der Waals surface area contributed by atoms with E-state index in [0.717, 1.165) is 18.5 Å². The second kappa shape index (κ2) is 6.93. The maximum Gasteiger partial charge on any atom is 0.325 e. The van der Waals surface area contributed by atoms with E-state index < -0.39 is 0 Å². The van der Waals surface area contributed by atoms with E-state index in [4.69, 9.17) is 4.52 Å². The first-order valence-corrected chi connectivity index (χ1v) is 10.2. The Balaban J connectivity index is 1.66. The van der Waals surface area contributed by atoms with Gasteiger partial charge in [-0.3, -0.25) is 9.47 Å². The van der Waals surface area contributed by atoms with Crippen LogP contribution in [0.25, 0.3) is 17.2 Å². The van der Waals surface area contributed by atoms with Crippen LogP contribution in [0.15, 0.2) is 29.0 Å². The number of fused-ring (bicyclic) bond motifs is 3. The zero-order chi connectivity index (χ0) is 21.0. The summed E-state index contributed by atoms with van der Waals surface area (Å²) in [6.45, 7) is 7.29. The van der Waals surface area contributed by atoms with Crippen molar-refractivity contribution >= 4 is 11.7 Å². The summed E-state index contributed by atoms with van der Waals surface area (Å²) < 4.78 is 21.4. The van der Waals surface area contributed by atoms with Crippen LogP contribution in [0.3, 0.4) is 0 Å². The van der Waals surface area contributed by atoms with E-state index in [1.807, 2.05) is 30.2 Å². The topological polar surface area (TPSA) is 80.3 Å². The highest BCUT2D eigenvalue weighted by atomic mass is 19.1. The molecule has 0 radical (unpaired) electrons. The maximum absolute atomic E-state index is 14.2. The molecule has 0 saturated carbocycles. The maximum atomic E-state index is 14.2. The summed E-state index contributed by atoms with van der Waals surface area (Å²) in [5.74, 6) is 0.629. The first-order valence-electron chi connectivity index (χ1n) is 10.2. The first kappa shape index (κ1) is 18.8. The minimum Gasteiger partial charge on any atom is -0.339 e. The Hall–Kier alpha value is -3.23. The number of hydrogen-bond acceptors (Lipinski definition) is 5. The number of carbonyl (C=O) groups is 1. The Bertz CT molecular complexity index is 1110. The lowest BCUT2D eigenvalue weighted by atomic mass is 10.0. The van der Waals surface area contributed by atoms with E-state index in [1.165, 1.54) is 12.1 Å². The second-order valence-corrected chi connectivity index (χ2v) is 8.12. The van der Waals surface area contributed by atoms with Crippen molar-refractivity contribution in [3.05, 3.63) is 41.9 Å². The van der Waals surface area contributed by atoms with Crippen molar-refractivity contribution in [2.45, 2.75) is 45.6 Å². The molecule has 1 atom stereocenters. The van der Waals surface area contributed by atoms with Crippen LogP contribution in [0.4, 0.5) is 14.9 Å². The predicted molar refractivity (Wildman–Crippen MR) is 108 cm³/mol. The van der Waals surface area contributed by atoms with Gasteiger partial charge in [-0.15, -0.1) is 0 Å². The lowest BCUT2D eigenvalue weighted by Gasteiger charge is -2.38. The van der Waals surface area contributed by atoms with E-state index in [1.54, 1.807) is 17.3 Å². The number of nitrogens with zero attached hydrogens (tertiary/aromatic N) is 6. The van der Waals surface area contributed by atoms with Gasteiger partial charge in [0.05, 0.1) is 23.1 Å². The zero-order valence-electron chi connectivity index (χ0n) is 17.2. The van der Waals surface area contributed by atoms with E-state index in [9.17, 15) is 9.18 Å². The molecule has 2 aliphatic heterocycles. The Labute approximate surface area is 173 Å². The van der Waals surface area contributed by atoms with Gasteiger partial charge in [0.15, 0.2) is 0 Å². The zero-order valence-corrected chi connectivity index (χ0v) is 17.2. The van der Waals surface area contributed by atoms with Crippen molar-refractivity contribution in [3.8, 4) is 17.2 Å². The fraction of sp³-hybridized carbons (Fsp3) is 0.429. The van der Waals surface area contributed by atoms with Crippen molar-refractivity contribution in [3.63, 3.8) is 0 Å². The number of rotatable bonds is 2. The van der Waals surface area contributed by atoms with Gasteiger partial charge in [0, 0.05) is 19.0 Å². The molecule has 0 N–H and O–H groups in total. The number of carbonyl (C=O) groups excluding carboxylic acids is 1. The fourth-order valence-electron chi connectivity index (χ4n) is 4.24. The summed E-state index contributed by atoms with van der Waals surface area (Å²) in [4.78, 5) is 25.9. The Morgan fingerprint density at radius 1 is 1.23 bits per heavy atom. The summed E-state index contributed by atoms with van der Waals surface area (Å²) >= 11 is 0. The Kier molecular flexibility index (Phi) is 4.34. The van der Waals surface area contributed by atoms with E-state index in [2.05, 4.69) is 15.1 Å². The highest BCUT2D eigenvalue weighted by Crippen LogP contribution is 2.43. The number of imidazole rings is 1. The average molecular weight is 410 g/mol. The first-order chi connectivity index (χ1) is 14.5. The quantitative estimate of drug-likeness (QED) is 0.630. The number of halogens is 1. The third-order valence-corrected chi connectivity index (χ3v) is 5.77. The molecule has 8 nitrogen and oxygen atoms in total. The highest BCUT2D eigenvalue weighted by Gasteiger charge is 2.38. The molecule has 3 aromatic rings. The minimum absolute atomic E-state index is 0.0964. The predicted octanol–water partition coefficient (Wildman–Crippen LogP) is 4.28. The largest absolute Gasteiger partial charge is 0.339 e. The molecule has 5 rings (SSSR count). The average Bonchev–Trinajstić information content (AvgIpc) is 3.46. The monoisotopic (exact) mass is 410 g/mol. The molecule has 9 heteroatoms. The molecular weight excluding hydrogens is 387 g/mol. The van der Waals surface area contributed by atoms with Crippen LogP contribution in [0.5, 0.6) is 0 Å². The van der Waals surface area contributed by atoms with Crippen molar-refractivity contribution in [2.75, 3.05) is 18.0 Å². The Morgan fingerprint density at radius 2 is 2.00 bits per heavy atom. The van der Waals surface area contributed by atoms with Crippen LogP contribution in [-0.4, -0.2) is 43.7 Å². The summed E-state index contributed by atoms with van der Waals surface area (Å²) in [6.07, 6.45) is 3.63. The van der Waals surface area contributed by atoms with Gasteiger partial charge in [0.25, 0.3) is 0 Å². The standard InChI is InChI=1S/C21H23FN6O2/c1-12(2)20-24-19(25-30-20)17-18-13(3)28(21(29)26-8-4-5-9-26)16-10-14(22)6-7-15(16)27(18)11-23-17/h6-7,10-13H,4-5,8-9H2,1-3H3/t13-/m0/s1. The van der Waals surface area contributed by atoms with Gasteiger partial charge in [-0.1, -0.05) is 19.0 Å². The van der Waals surface area contributed by atoms with Gasteiger partial charge in [-0.05, 0) is 38.0 Å².